The summed E-state index contributed by atoms with van der Waals surface area (Å²) in [7, 11) is 0. The van der Waals surface area contributed by atoms with E-state index in [9.17, 15) is 9.59 Å². The lowest BCUT2D eigenvalue weighted by Gasteiger charge is -2.29. The first kappa shape index (κ1) is 19.9. The third-order valence-corrected chi connectivity index (χ3v) is 4.47. The minimum atomic E-state index is -0.134. The van der Waals surface area contributed by atoms with Gasteiger partial charge in [-0.05, 0) is 37.1 Å². The highest BCUT2D eigenvalue weighted by Crippen LogP contribution is 2.31. The van der Waals surface area contributed by atoms with Crippen LogP contribution < -0.4 is 15.0 Å². The lowest BCUT2D eigenvalue weighted by molar-refractivity contribution is -0.122. The number of rotatable bonds is 8. The van der Waals surface area contributed by atoms with E-state index in [4.69, 9.17) is 9.47 Å². The minimum Gasteiger partial charge on any atom is -0.482 e. The molecular formula is C22H26N2O4. The number of carbonyl (C=O) groups is 2. The molecule has 0 atom stereocenters. The lowest BCUT2D eigenvalue weighted by Crippen LogP contribution is -2.41. The van der Waals surface area contributed by atoms with E-state index in [2.05, 4.69) is 5.32 Å². The van der Waals surface area contributed by atoms with E-state index >= 15 is 0 Å². The van der Waals surface area contributed by atoms with Crippen molar-refractivity contribution < 1.29 is 19.1 Å². The summed E-state index contributed by atoms with van der Waals surface area (Å²) in [4.78, 5) is 26.0. The van der Waals surface area contributed by atoms with Crippen molar-refractivity contribution in [2.75, 3.05) is 18.1 Å². The van der Waals surface area contributed by atoms with Gasteiger partial charge in [-0.15, -0.1) is 0 Å². The van der Waals surface area contributed by atoms with Crippen LogP contribution in [0.15, 0.2) is 48.5 Å². The number of benzene rings is 2. The maximum Gasteiger partial charge on any atom is 0.265 e. The van der Waals surface area contributed by atoms with Crippen molar-refractivity contribution in [2.24, 2.45) is 0 Å². The molecule has 6 heteroatoms. The van der Waals surface area contributed by atoms with Crippen molar-refractivity contribution in [3.05, 3.63) is 59.7 Å². The van der Waals surface area contributed by atoms with Gasteiger partial charge in [0.1, 0.15) is 5.75 Å². The molecule has 0 spiro atoms. The highest BCUT2D eigenvalue weighted by molar-refractivity contribution is 5.98. The average Bonchev–Trinajstić information content (AvgIpc) is 2.70. The first-order valence-electron chi connectivity index (χ1n) is 9.51. The molecule has 6 nitrogen and oxygen atoms in total. The van der Waals surface area contributed by atoms with Crippen molar-refractivity contribution >= 4 is 17.5 Å². The van der Waals surface area contributed by atoms with Crippen LogP contribution in [0.3, 0.4) is 0 Å². The molecule has 2 aromatic rings. The van der Waals surface area contributed by atoms with E-state index in [0.29, 0.717) is 31.1 Å². The minimum absolute atomic E-state index is 0.00546. The zero-order chi connectivity index (χ0) is 19.9. The molecule has 28 heavy (non-hydrogen) atoms. The van der Waals surface area contributed by atoms with Gasteiger partial charge in [-0.3, -0.25) is 9.59 Å². The fourth-order valence-corrected chi connectivity index (χ4v) is 2.92. The third kappa shape index (κ3) is 5.33. The summed E-state index contributed by atoms with van der Waals surface area (Å²) in [6, 6.07) is 15.4. The molecule has 0 unspecified atom stereocenters. The molecule has 1 N–H and O–H groups in total. The van der Waals surface area contributed by atoms with Crippen LogP contribution in [-0.4, -0.2) is 31.1 Å². The van der Waals surface area contributed by atoms with Crippen molar-refractivity contribution in [1.29, 1.82) is 0 Å². The molecule has 2 aromatic carbocycles. The number of nitrogens with zero attached hydrogens (tertiary/aromatic N) is 1. The fraction of sp³-hybridized carbons (Fsp3) is 0.364. The zero-order valence-electron chi connectivity index (χ0n) is 16.3. The molecule has 3 rings (SSSR count). The number of carbonyl (C=O) groups excluding carboxylic acids is 2. The van der Waals surface area contributed by atoms with Crippen LogP contribution in [0.2, 0.25) is 0 Å². The fourth-order valence-electron chi connectivity index (χ4n) is 2.92. The van der Waals surface area contributed by atoms with Gasteiger partial charge in [0.05, 0.1) is 18.4 Å². The number of hydrogen-bond acceptors (Lipinski definition) is 4. The van der Waals surface area contributed by atoms with Crippen LogP contribution >= 0.6 is 0 Å². The molecule has 148 valence electrons. The average molecular weight is 382 g/mol. The predicted molar refractivity (Wildman–Crippen MR) is 107 cm³/mol. The monoisotopic (exact) mass is 382 g/mol. The van der Waals surface area contributed by atoms with Gasteiger partial charge in [0, 0.05) is 19.5 Å². The second-order valence-corrected chi connectivity index (χ2v) is 7.00. The summed E-state index contributed by atoms with van der Waals surface area (Å²) in [5, 5.41) is 2.91. The first-order valence-corrected chi connectivity index (χ1v) is 9.51. The Hall–Kier alpha value is -2.86. The highest BCUT2D eigenvalue weighted by Gasteiger charge is 2.25. The van der Waals surface area contributed by atoms with Gasteiger partial charge >= 0.3 is 0 Å². The Morgan fingerprint density at radius 3 is 2.61 bits per heavy atom. The van der Waals surface area contributed by atoms with Crippen molar-refractivity contribution in [3.8, 4) is 5.75 Å². The van der Waals surface area contributed by atoms with E-state index in [1.807, 2.05) is 62.4 Å². The Kier molecular flexibility index (Phi) is 6.66. The second kappa shape index (κ2) is 9.37. The van der Waals surface area contributed by atoms with E-state index in [1.54, 1.807) is 4.90 Å². The van der Waals surface area contributed by atoms with Gasteiger partial charge < -0.3 is 19.7 Å². The number of ether oxygens (including phenoxy) is 2. The molecule has 0 fully saturated rings. The SMILES string of the molecule is CC(C)OCc1ccc(CNC(=O)CCN2C(=O)COc3ccccc32)cc1. The largest absolute Gasteiger partial charge is 0.482 e. The number of nitrogens with one attached hydrogen (secondary N) is 1. The number of anilines is 1. The normalized spacial score (nSPS) is 13.2. The Labute approximate surface area is 165 Å². The third-order valence-electron chi connectivity index (χ3n) is 4.47. The standard InChI is InChI=1S/C22H26N2O4/c1-16(2)27-14-18-9-7-17(8-10-18)13-23-21(25)11-12-24-19-5-3-4-6-20(19)28-15-22(24)26/h3-10,16H,11-15H2,1-2H3,(H,23,25). The van der Waals surface area contributed by atoms with Gasteiger partial charge in [-0.25, -0.2) is 0 Å². The van der Waals surface area contributed by atoms with E-state index in [0.717, 1.165) is 11.1 Å². The van der Waals surface area contributed by atoms with Gasteiger partial charge in [-0.1, -0.05) is 36.4 Å². The van der Waals surface area contributed by atoms with Crippen LogP contribution in [-0.2, 0) is 27.5 Å². The van der Waals surface area contributed by atoms with Gasteiger partial charge in [0.15, 0.2) is 6.61 Å². The van der Waals surface area contributed by atoms with Crippen molar-refractivity contribution in [3.63, 3.8) is 0 Å². The molecule has 0 saturated carbocycles. The highest BCUT2D eigenvalue weighted by atomic mass is 16.5. The van der Waals surface area contributed by atoms with E-state index in [-0.39, 0.29) is 30.9 Å². The number of fused-ring (bicyclic) bond motifs is 1. The Morgan fingerprint density at radius 1 is 1.14 bits per heavy atom. The second-order valence-electron chi connectivity index (χ2n) is 7.00. The number of amides is 2. The molecule has 0 saturated heterocycles. The van der Waals surface area contributed by atoms with Crippen LogP contribution in [0.4, 0.5) is 5.69 Å². The summed E-state index contributed by atoms with van der Waals surface area (Å²) in [6.45, 7) is 5.39. The van der Waals surface area contributed by atoms with Gasteiger partial charge in [-0.2, -0.15) is 0 Å². The topological polar surface area (TPSA) is 67.9 Å². The summed E-state index contributed by atoms with van der Waals surface area (Å²) >= 11 is 0. The molecule has 1 heterocycles. The molecule has 0 bridgehead atoms. The summed E-state index contributed by atoms with van der Waals surface area (Å²) in [6.07, 6.45) is 0.435. The Morgan fingerprint density at radius 2 is 1.86 bits per heavy atom. The van der Waals surface area contributed by atoms with Crippen molar-refractivity contribution in [2.45, 2.75) is 39.5 Å². The maximum atomic E-state index is 12.2. The molecule has 1 aliphatic heterocycles. The number of hydrogen-bond donors (Lipinski definition) is 1. The summed E-state index contributed by atoms with van der Waals surface area (Å²) in [5.74, 6) is 0.443. The smallest absolute Gasteiger partial charge is 0.265 e. The van der Waals surface area contributed by atoms with Crippen LogP contribution in [0, 0.1) is 0 Å². The van der Waals surface area contributed by atoms with Gasteiger partial charge in [0.25, 0.3) is 5.91 Å². The molecule has 0 aromatic heterocycles. The molecule has 0 radical (unpaired) electrons. The van der Waals surface area contributed by atoms with Crippen LogP contribution in [0.25, 0.3) is 0 Å². The first-order chi connectivity index (χ1) is 13.5. The summed E-state index contributed by atoms with van der Waals surface area (Å²) in [5.41, 5.74) is 2.84. The quantitative estimate of drug-likeness (QED) is 0.762. The van der Waals surface area contributed by atoms with Crippen LogP contribution in [0.5, 0.6) is 5.75 Å². The van der Waals surface area contributed by atoms with E-state index < -0.39 is 0 Å². The predicted octanol–water partition coefficient (Wildman–Crippen LogP) is 3.04. The van der Waals surface area contributed by atoms with Gasteiger partial charge in [0.2, 0.25) is 5.91 Å². The molecule has 0 aliphatic carbocycles. The van der Waals surface area contributed by atoms with Crippen molar-refractivity contribution in [1.82, 2.24) is 5.32 Å². The maximum absolute atomic E-state index is 12.2. The number of para-hydroxylation sites is 2. The van der Waals surface area contributed by atoms with E-state index in [1.165, 1.54) is 0 Å². The molecule has 2 amide bonds. The Balaban J connectivity index is 1.47. The molecular weight excluding hydrogens is 356 g/mol. The summed E-state index contributed by atoms with van der Waals surface area (Å²) < 4.78 is 11.0. The lowest BCUT2D eigenvalue weighted by atomic mass is 10.1. The Bertz CT molecular complexity index is 818. The van der Waals surface area contributed by atoms with Crippen LogP contribution in [0.1, 0.15) is 31.4 Å². The molecule has 1 aliphatic rings. The zero-order valence-corrected chi connectivity index (χ0v) is 16.3.